The molecule has 4 unspecified atom stereocenters. The van der Waals surface area contributed by atoms with Crippen molar-refractivity contribution in [3.05, 3.63) is 0 Å². The molecule has 2 rings (SSSR count). The zero-order valence-corrected chi connectivity index (χ0v) is 9.93. The van der Waals surface area contributed by atoms with E-state index in [1.807, 2.05) is 11.8 Å². The molecule has 1 heterocycles. The van der Waals surface area contributed by atoms with Crippen molar-refractivity contribution in [2.24, 2.45) is 11.8 Å². The van der Waals surface area contributed by atoms with Gasteiger partial charge in [0.25, 0.3) is 0 Å². The van der Waals surface area contributed by atoms with Crippen molar-refractivity contribution >= 4 is 11.8 Å². The van der Waals surface area contributed by atoms with Crippen LogP contribution in [0.25, 0.3) is 0 Å². The minimum absolute atomic E-state index is 0.00903. The van der Waals surface area contributed by atoms with Crippen LogP contribution in [-0.4, -0.2) is 22.2 Å². The number of aliphatic hydroxyl groups excluding tert-OH is 1. The first-order chi connectivity index (χ1) is 6.77. The fourth-order valence-electron chi connectivity index (χ4n) is 2.97. The van der Waals surface area contributed by atoms with E-state index in [0.29, 0.717) is 11.2 Å². The number of aliphatic hydroxyl groups is 1. The van der Waals surface area contributed by atoms with Crippen LogP contribution < -0.4 is 0 Å². The lowest BCUT2D eigenvalue weighted by Crippen LogP contribution is -2.33. The number of hydrogen-bond donors (Lipinski definition) is 1. The SMILES string of the molecule is CC1CCCC(C(O)C2CCCS2)C1. The molecular formula is C12H22OS. The molecule has 1 aliphatic carbocycles. The molecule has 1 nitrogen and oxygen atoms in total. The van der Waals surface area contributed by atoms with E-state index < -0.39 is 0 Å². The maximum atomic E-state index is 10.3. The Bertz CT molecular complexity index is 177. The van der Waals surface area contributed by atoms with Gasteiger partial charge in [0.15, 0.2) is 0 Å². The molecule has 82 valence electrons. The van der Waals surface area contributed by atoms with E-state index in [9.17, 15) is 5.11 Å². The highest BCUT2D eigenvalue weighted by molar-refractivity contribution is 8.00. The van der Waals surface area contributed by atoms with Gasteiger partial charge in [-0.15, -0.1) is 0 Å². The van der Waals surface area contributed by atoms with Crippen molar-refractivity contribution in [2.45, 2.75) is 56.8 Å². The summed E-state index contributed by atoms with van der Waals surface area (Å²) >= 11 is 2.00. The predicted octanol–water partition coefficient (Wildman–Crippen LogP) is 3.07. The Hall–Kier alpha value is 0.310. The fourth-order valence-corrected chi connectivity index (χ4v) is 4.36. The van der Waals surface area contributed by atoms with E-state index in [0.717, 1.165) is 5.92 Å². The molecule has 0 bridgehead atoms. The Labute approximate surface area is 91.7 Å². The van der Waals surface area contributed by atoms with E-state index in [1.165, 1.54) is 44.3 Å². The molecule has 2 heteroatoms. The second-order valence-electron chi connectivity index (χ2n) is 5.07. The van der Waals surface area contributed by atoms with Crippen molar-refractivity contribution in [1.29, 1.82) is 0 Å². The van der Waals surface area contributed by atoms with Crippen LogP contribution in [-0.2, 0) is 0 Å². The standard InChI is InChI=1S/C12H22OS/c1-9-4-2-5-10(8-9)12(13)11-6-3-7-14-11/h9-13H,2-8H2,1H3. The van der Waals surface area contributed by atoms with E-state index in [-0.39, 0.29) is 6.10 Å². The third-order valence-corrected chi connectivity index (χ3v) is 5.27. The van der Waals surface area contributed by atoms with E-state index in [2.05, 4.69) is 6.92 Å². The molecular weight excluding hydrogens is 192 g/mol. The summed E-state index contributed by atoms with van der Waals surface area (Å²) in [5, 5.41) is 10.8. The lowest BCUT2D eigenvalue weighted by atomic mass is 9.78. The summed E-state index contributed by atoms with van der Waals surface area (Å²) in [5.74, 6) is 2.72. The summed E-state index contributed by atoms with van der Waals surface area (Å²) in [6, 6.07) is 0. The third-order valence-electron chi connectivity index (χ3n) is 3.81. The van der Waals surface area contributed by atoms with Gasteiger partial charge in [-0.05, 0) is 43.3 Å². The summed E-state index contributed by atoms with van der Waals surface area (Å²) < 4.78 is 0. The Morgan fingerprint density at radius 2 is 2.07 bits per heavy atom. The second kappa shape index (κ2) is 4.89. The zero-order chi connectivity index (χ0) is 9.97. The van der Waals surface area contributed by atoms with Crippen LogP contribution in [0.1, 0.15) is 45.4 Å². The predicted molar refractivity (Wildman–Crippen MR) is 62.6 cm³/mol. The molecule has 4 atom stereocenters. The highest BCUT2D eigenvalue weighted by Crippen LogP contribution is 2.38. The van der Waals surface area contributed by atoms with Crippen LogP contribution in [0.5, 0.6) is 0 Å². The molecule has 0 aromatic rings. The minimum atomic E-state index is -0.00903. The average molecular weight is 214 g/mol. The first kappa shape index (κ1) is 10.8. The first-order valence-corrected chi connectivity index (χ1v) is 7.12. The van der Waals surface area contributed by atoms with E-state index >= 15 is 0 Å². The number of thioether (sulfide) groups is 1. The number of hydrogen-bond acceptors (Lipinski definition) is 2. The van der Waals surface area contributed by atoms with Crippen molar-refractivity contribution in [1.82, 2.24) is 0 Å². The summed E-state index contributed by atoms with van der Waals surface area (Å²) in [6.07, 6.45) is 7.79. The highest BCUT2D eigenvalue weighted by atomic mass is 32.2. The maximum Gasteiger partial charge on any atom is 0.0686 e. The Morgan fingerprint density at radius 1 is 1.21 bits per heavy atom. The van der Waals surface area contributed by atoms with Gasteiger partial charge in [-0.25, -0.2) is 0 Å². The van der Waals surface area contributed by atoms with Gasteiger partial charge in [-0.2, -0.15) is 11.8 Å². The second-order valence-corrected chi connectivity index (χ2v) is 6.42. The average Bonchev–Trinajstić information content (AvgIpc) is 2.69. The highest BCUT2D eigenvalue weighted by Gasteiger charge is 2.32. The van der Waals surface area contributed by atoms with Gasteiger partial charge < -0.3 is 5.11 Å². The van der Waals surface area contributed by atoms with Crippen LogP contribution in [0.4, 0.5) is 0 Å². The smallest absolute Gasteiger partial charge is 0.0686 e. The zero-order valence-electron chi connectivity index (χ0n) is 9.11. The molecule has 1 saturated heterocycles. The van der Waals surface area contributed by atoms with Crippen LogP contribution in [0.3, 0.4) is 0 Å². The van der Waals surface area contributed by atoms with E-state index in [1.54, 1.807) is 0 Å². The summed E-state index contributed by atoms with van der Waals surface area (Å²) in [6.45, 7) is 2.33. The van der Waals surface area contributed by atoms with Gasteiger partial charge in [0.1, 0.15) is 0 Å². The molecule has 0 radical (unpaired) electrons. The molecule has 0 aromatic carbocycles. The van der Waals surface area contributed by atoms with Gasteiger partial charge in [-0.3, -0.25) is 0 Å². The van der Waals surface area contributed by atoms with Gasteiger partial charge in [0.2, 0.25) is 0 Å². The van der Waals surface area contributed by atoms with E-state index in [4.69, 9.17) is 0 Å². The van der Waals surface area contributed by atoms with Crippen molar-refractivity contribution in [3.8, 4) is 0 Å². The normalized spacial score (nSPS) is 41.1. The van der Waals surface area contributed by atoms with Crippen molar-refractivity contribution in [2.75, 3.05) is 5.75 Å². The van der Waals surface area contributed by atoms with Crippen LogP contribution in [0.15, 0.2) is 0 Å². The Balaban J connectivity index is 1.86. The Kier molecular flexibility index (Phi) is 3.78. The van der Waals surface area contributed by atoms with Gasteiger partial charge in [-0.1, -0.05) is 19.8 Å². The Morgan fingerprint density at radius 3 is 2.71 bits per heavy atom. The van der Waals surface area contributed by atoms with Gasteiger partial charge in [0, 0.05) is 5.25 Å². The minimum Gasteiger partial charge on any atom is -0.392 e. The molecule has 0 amide bonds. The molecule has 0 spiro atoms. The summed E-state index contributed by atoms with van der Waals surface area (Å²) in [4.78, 5) is 0. The summed E-state index contributed by atoms with van der Waals surface area (Å²) in [7, 11) is 0. The molecule has 14 heavy (non-hydrogen) atoms. The first-order valence-electron chi connectivity index (χ1n) is 6.07. The van der Waals surface area contributed by atoms with Crippen LogP contribution in [0, 0.1) is 11.8 Å². The largest absolute Gasteiger partial charge is 0.392 e. The fraction of sp³-hybridized carbons (Fsp3) is 1.00. The maximum absolute atomic E-state index is 10.3. The lowest BCUT2D eigenvalue weighted by molar-refractivity contribution is 0.0693. The van der Waals surface area contributed by atoms with Crippen molar-refractivity contribution < 1.29 is 5.11 Å². The van der Waals surface area contributed by atoms with Crippen LogP contribution in [0.2, 0.25) is 0 Å². The topological polar surface area (TPSA) is 20.2 Å². The molecule has 1 N–H and O–H groups in total. The quantitative estimate of drug-likeness (QED) is 0.762. The van der Waals surface area contributed by atoms with Gasteiger partial charge >= 0.3 is 0 Å². The molecule has 2 fully saturated rings. The molecule has 2 aliphatic rings. The lowest BCUT2D eigenvalue weighted by Gasteiger charge is -2.32. The summed E-state index contributed by atoms with van der Waals surface area (Å²) in [5.41, 5.74) is 0. The van der Waals surface area contributed by atoms with Gasteiger partial charge in [0.05, 0.1) is 6.10 Å². The molecule has 0 aromatic heterocycles. The van der Waals surface area contributed by atoms with Crippen LogP contribution >= 0.6 is 11.8 Å². The molecule has 1 saturated carbocycles. The van der Waals surface area contributed by atoms with Crippen molar-refractivity contribution in [3.63, 3.8) is 0 Å². The monoisotopic (exact) mass is 214 g/mol. The number of rotatable bonds is 2. The third kappa shape index (κ3) is 2.46. The molecule has 1 aliphatic heterocycles.